The second kappa shape index (κ2) is 5.05. The third kappa shape index (κ3) is 2.42. The normalized spacial score (nSPS) is 19.5. The van der Waals surface area contributed by atoms with Gasteiger partial charge in [-0.1, -0.05) is 12.1 Å². The zero-order valence-corrected chi connectivity index (χ0v) is 10.9. The topological polar surface area (TPSA) is 86.3 Å². The van der Waals surface area contributed by atoms with Crippen molar-refractivity contribution in [3.8, 4) is 0 Å². The standard InChI is InChI=1S/C14H15N3O3/c18-13-12(8-17-6-5-9(7-17)14(19)20)15-10-3-1-2-4-11(10)16-13/h1-4,9H,5-8H2,(H,16,18)(H,19,20). The number of aromatic nitrogens is 2. The summed E-state index contributed by atoms with van der Waals surface area (Å²) in [6.45, 7) is 1.55. The summed E-state index contributed by atoms with van der Waals surface area (Å²) >= 11 is 0. The number of aliphatic carboxylic acids is 1. The molecule has 1 aliphatic heterocycles. The van der Waals surface area contributed by atoms with Crippen LogP contribution in [0.1, 0.15) is 12.1 Å². The molecule has 2 heterocycles. The molecule has 1 aromatic heterocycles. The maximum Gasteiger partial charge on any atom is 0.307 e. The minimum Gasteiger partial charge on any atom is -0.481 e. The van der Waals surface area contributed by atoms with Crippen LogP contribution < -0.4 is 5.56 Å². The van der Waals surface area contributed by atoms with Gasteiger partial charge in [-0.15, -0.1) is 0 Å². The Hall–Kier alpha value is -2.21. The number of fused-ring (bicyclic) bond motifs is 1. The summed E-state index contributed by atoms with van der Waals surface area (Å²) in [6.07, 6.45) is 0.626. The lowest BCUT2D eigenvalue weighted by Crippen LogP contribution is -2.27. The summed E-state index contributed by atoms with van der Waals surface area (Å²) in [7, 11) is 0. The summed E-state index contributed by atoms with van der Waals surface area (Å²) in [6, 6.07) is 7.37. The van der Waals surface area contributed by atoms with Crippen LogP contribution >= 0.6 is 0 Å². The first kappa shape index (κ1) is 12.8. The van der Waals surface area contributed by atoms with E-state index in [9.17, 15) is 9.59 Å². The quantitative estimate of drug-likeness (QED) is 0.865. The van der Waals surface area contributed by atoms with E-state index in [0.717, 1.165) is 5.52 Å². The van der Waals surface area contributed by atoms with Crippen LogP contribution in [0.3, 0.4) is 0 Å². The minimum absolute atomic E-state index is 0.206. The number of H-pyrrole nitrogens is 1. The Morgan fingerprint density at radius 2 is 2.25 bits per heavy atom. The van der Waals surface area contributed by atoms with Crippen molar-refractivity contribution >= 4 is 17.0 Å². The van der Waals surface area contributed by atoms with Gasteiger partial charge >= 0.3 is 5.97 Å². The molecule has 1 fully saturated rings. The number of nitrogens with one attached hydrogen (secondary N) is 1. The van der Waals surface area contributed by atoms with Crippen LogP contribution in [0.2, 0.25) is 0 Å². The molecule has 0 spiro atoms. The van der Waals surface area contributed by atoms with Gasteiger partial charge in [-0.3, -0.25) is 14.5 Å². The average molecular weight is 273 g/mol. The number of hydrogen-bond acceptors (Lipinski definition) is 4. The number of carbonyl (C=O) groups is 1. The molecule has 0 amide bonds. The molecule has 104 valence electrons. The van der Waals surface area contributed by atoms with Gasteiger partial charge in [0.15, 0.2) is 0 Å². The van der Waals surface area contributed by atoms with Crippen LogP contribution in [0, 0.1) is 5.92 Å². The third-order valence-corrected chi connectivity index (χ3v) is 3.66. The monoisotopic (exact) mass is 273 g/mol. The maximum atomic E-state index is 12.0. The average Bonchev–Trinajstić information content (AvgIpc) is 2.88. The van der Waals surface area contributed by atoms with E-state index >= 15 is 0 Å². The maximum absolute atomic E-state index is 12.0. The second-order valence-corrected chi connectivity index (χ2v) is 5.09. The van der Waals surface area contributed by atoms with Gasteiger partial charge in [-0.25, -0.2) is 4.98 Å². The molecule has 1 aromatic carbocycles. The number of para-hydroxylation sites is 2. The predicted molar refractivity (Wildman–Crippen MR) is 73.4 cm³/mol. The first-order chi connectivity index (χ1) is 9.63. The van der Waals surface area contributed by atoms with Gasteiger partial charge in [-0.05, 0) is 25.1 Å². The Kier molecular flexibility index (Phi) is 3.23. The molecule has 0 bridgehead atoms. The molecule has 1 aliphatic rings. The molecule has 2 aromatic rings. The number of benzene rings is 1. The summed E-state index contributed by atoms with van der Waals surface area (Å²) in [5.41, 5.74) is 1.69. The fraction of sp³-hybridized carbons (Fsp3) is 0.357. The Labute approximate surface area is 115 Å². The number of hydrogen-bond donors (Lipinski definition) is 2. The van der Waals surface area contributed by atoms with E-state index in [1.54, 1.807) is 0 Å². The summed E-state index contributed by atoms with van der Waals surface area (Å²) in [5.74, 6) is -1.11. The highest BCUT2D eigenvalue weighted by Crippen LogP contribution is 2.17. The SMILES string of the molecule is O=C(O)C1CCN(Cc2nc3ccccc3[nH]c2=O)C1. The van der Waals surface area contributed by atoms with Gasteiger partial charge in [0, 0.05) is 13.1 Å². The van der Waals surface area contributed by atoms with Gasteiger partial charge in [0.05, 0.1) is 17.0 Å². The largest absolute Gasteiger partial charge is 0.481 e. The minimum atomic E-state index is -0.770. The zero-order chi connectivity index (χ0) is 14.1. The third-order valence-electron chi connectivity index (χ3n) is 3.66. The fourth-order valence-electron chi connectivity index (χ4n) is 2.56. The van der Waals surface area contributed by atoms with Crippen LogP contribution in [0.5, 0.6) is 0 Å². The van der Waals surface area contributed by atoms with Crippen LogP contribution in [0.4, 0.5) is 0 Å². The van der Waals surface area contributed by atoms with E-state index in [1.807, 2.05) is 29.2 Å². The number of carboxylic acids is 1. The highest BCUT2D eigenvalue weighted by atomic mass is 16.4. The second-order valence-electron chi connectivity index (χ2n) is 5.09. The van der Waals surface area contributed by atoms with E-state index in [-0.39, 0.29) is 11.5 Å². The molecule has 1 atom stereocenters. The lowest BCUT2D eigenvalue weighted by atomic mass is 10.1. The molecule has 6 heteroatoms. The molecular weight excluding hydrogens is 258 g/mol. The van der Waals surface area contributed by atoms with Crippen molar-refractivity contribution in [1.29, 1.82) is 0 Å². The number of rotatable bonds is 3. The summed E-state index contributed by atoms with van der Waals surface area (Å²) < 4.78 is 0. The van der Waals surface area contributed by atoms with Crippen molar-refractivity contribution in [3.05, 3.63) is 40.3 Å². The van der Waals surface area contributed by atoms with Crippen LogP contribution in [-0.4, -0.2) is 39.0 Å². The van der Waals surface area contributed by atoms with E-state index < -0.39 is 5.97 Å². The van der Waals surface area contributed by atoms with Gasteiger partial charge in [-0.2, -0.15) is 0 Å². The molecular formula is C14H15N3O3. The van der Waals surface area contributed by atoms with Crippen molar-refractivity contribution in [2.24, 2.45) is 5.92 Å². The Bertz CT molecular complexity index is 710. The lowest BCUT2D eigenvalue weighted by Gasteiger charge is -2.14. The summed E-state index contributed by atoms with van der Waals surface area (Å²) in [5, 5.41) is 8.98. The molecule has 0 aliphatic carbocycles. The molecule has 3 rings (SSSR count). The lowest BCUT2D eigenvalue weighted by molar-refractivity contribution is -0.141. The van der Waals surface area contributed by atoms with Crippen molar-refractivity contribution < 1.29 is 9.90 Å². The molecule has 1 unspecified atom stereocenters. The highest BCUT2D eigenvalue weighted by Gasteiger charge is 2.28. The number of likely N-dealkylation sites (tertiary alicyclic amines) is 1. The Morgan fingerprint density at radius 3 is 3.00 bits per heavy atom. The van der Waals surface area contributed by atoms with E-state index in [1.165, 1.54) is 0 Å². The predicted octanol–water partition coefficient (Wildman–Crippen LogP) is 0.830. The van der Waals surface area contributed by atoms with Crippen LogP contribution in [0.15, 0.2) is 29.1 Å². The number of aromatic amines is 1. The van der Waals surface area contributed by atoms with Crippen molar-refractivity contribution in [1.82, 2.24) is 14.9 Å². The van der Waals surface area contributed by atoms with E-state index in [2.05, 4.69) is 9.97 Å². The highest BCUT2D eigenvalue weighted by molar-refractivity contribution is 5.73. The fourth-order valence-corrected chi connectivity index (χ4v) is 2.56. The molecule has 1 saturated heterocycles. The number of carboxylic acid groups (broad SMARTS) is 1. The van der Waals surface area contributed by atoms with Crippen molar-refractivity contribution in [2.45, 2.75) is 13.0 Å². The number of nitrogens with zero attached hydrogens (tertiary/aromatic N) is 2. The van der Waals surface area contributed by atoms with Gasteiger partial charge in [0.25, 0.3) is 5.56 Å². The van der Waals surface area contributed by atoms with Gasteiger partial charge in [0.2, 0.25) is 0 Å². The first-order valence-corrected chi connectivity index (χ1v) is 6.56. The molecule has 2 N–H and O–H groups in total. The van der Waals surface area contributed by atoms with Crippen molar-refractivity contribution in [3.63, 3.8) is 0 Å². The zero-order valence-electron chi connectivity index (χ0n) is 10.9. The van der Waals surface area contributed by atoms with Crippen LogP contribution in [-0.2, 0) is 11.3 Å². The molecule has 20 heavy (non-hydrogen) atoms. The van der Waals surface area contributed by atoms with Gasteiger partial charge in [0.1, 0.15) is 5.69 Å². The Morgan fingerprint density at radius 1 is 1.45 bits per heavy atom. The molecule has 0 saturated carbocycles. The van der Waals surface area contributed by atoms with E-state index in [0.29, 0.717) is 37.3 Å². The molecule has 6 nitrogen and oxygen atoms in total. The van der Waals surface area contributed by atoms with Gasteiger partial charge < -0.3 is 10.1 Å². The summed E-state index contributed by atoms with van der Waals surface area (Å²) in [4.78, 5) is 32.1. The van der Waals surface area contributed by atoms with Crippen LogP contribution in [0.25, 0.3) is 11.0 Å². The smallest absolute Gasteiger partial charge is 0.307 e. The first-order valence-electron chi connectivity index (χ1n) is 6.56. The Balaban J connectivity index is 1.83. The van der Waals surface area contributed by atoms with Crippen molar-refractivity contribution in [2.75, 3.05) is 13.1 Å². The molecule has 0 radical (unpaired) electrons. The van der Waals surface area contributed by atoms with E-state index in [4.69, 9.17) is 5.11 Å².